The zero-order chi connectivity index (χ0) is 11.3. The largest absolute Gasteiger partial charge is 0.273 e. The third-order valence-corrected chi connectivity index (χ3v) is 3.07. The number of rotatable bonds is 0. The van der Waals surface area contributed by atoms with Crippen molar-refractivity contribution in [3.05, 3.63) is 34.9 Å². The molecule has 0 spiro atoms. The van der Waals surface area contributed by atoms with Crippen LogP contribution in [0.25, 0.3) is 0 Å². The van der Waals surface area contributed by atoms with E-state index in [0.717, 1.165) is 11.1 Å². The molecule has 0 saturated heterocycles. The van der Waals surface area contributed by atoms with Gasteiger partial charge in [-0.2, -0.15) is 0 Å². The van der Waals surface area contributed by atoms with E-state index in [-0.39, 0.29) is 17.4 Å². The summed E-state index contributed by atoms with van der Waals surface area (Å²) >= 11 is 0. The first-order chi connectivity index (χ1) is 6.82. The van der Waals surface area contributed by atoms with Crippen molar-refractivity contribution in [2.24, 2.45) is 0 Å². The summed E-state index contributed by atoms with van der Waals surface area (Å²) in [5, 5.41) is 0. The van der Waals surface area contributed by atoms with Gasteiger partial charge in [-0.15, -0.1) is 0 Å². The Labute approximate surface area is 89.3 Å². The highest BCUT2D eigenvalue weighted by atomic mass is 19.3. The fourth-order valence-corrected chi connectivity index (χ4v) is 2.32. The maximum atomic E-state index is 13.5. The molecule has 82 valence electrons. The molecule has 0 bridgehead atoms. The van der Waals surface area contributed by atoms with Crippen LogP contribution in [0.15, 0.2) is 18.2 Å². The van der Waals surface area contributed by atoms with Crippen LogP contribution in [0.1, 0.15) is 43.9 Å². The summed E-state index contributed by atoms with van der Waals surface area (Å²) in [6, 6.07) is 5.29. The second-order valence-corrected chi connectivity index (χ2v) is 5.29. The normalized spacial score (nSPS) is 19.0. The van der Waals surface area contributed by atoms with Gasteiger partial charge in [-0.3, -0.25) is 0 Å². The van der Waals surface area contributed by atoms with E-state index in [1.165, 1.54) is 0 Å². The van der Waals surface area contributed by atoms with Crippen molar-refractivity contribution in [1.29, 1.82) is 0 Å². The van der Waals surface area contributed by atoms with Crippen molar-refractivity contribution in [3.8, 4) is 0 Å². The fraction of sp³-hybridized carbons (Fsp3) is 0.538. The Balaban J connectivity index is 2.60. The highest BCUT2D eigenvalue weighted by molar-refractivity contribution is 5.44. The molecular formula is C13H16F2. The third-order valence-electron chi connectivity index (χ3n) is 3.07. The van der Waals surface area contributed by atoms with Crippen LogP contribution in [0.2, 0.25) is 0 Å². The van der Waals surface area contributed by atoms with Crippen LogP contribution in [0.4, 0.5) is 8.78 Å². The predicted octanol–water partition coefficient (Wildman–Crippen LogP) is 4.02. The van der Waals surface area contributed by atoms with Gasteiger partial charge >= 0.3 is 0 Å². The topological polar surface area (TPSA) is 0 Å². The molecule has 0 unspecified atom stereocenters. The van der Waals surface area contributed by atoms with Crippen molar-refractivity contribution in [1.82, 2.24) is 0 Å². The van der Waals surface area contributed by atoms with Crippen LogP contribution in [-0.2, 0) is 17.8 Å². The molecule has 15 heavy (non-hydrogen) atoms. The minimum Gasteiger partial charge on any atom is -0.201 e. The van der Waals surface area contributed by atoms with Gasteiger partial charge in [-0.05, 0) is 23.0 Å². The van der Waals surface area contributed by atoms with E-state index in [2.05, 4.69) is 20.8 Å². The lowest BCUT2D eigenvalue weighted by molar-refractivity contribution is -0.00184. The van der Waals surface area contributed by atoms with Crippen molar-refractivity contribution >= 4 is 0 Å². The highest BCUT2D eigenvalue weighted by Crippen LogP contribution is 2.44. The molecule has 0 N–H and O–H groups in total. The fourth-order valence-electron chi connectivity index (χ4n) is 2.32. The Morgan fingerprint density at radius 1 is 1.20 bits per heavy atom. The zero-order valence-corrected chi connectivity index (χ0v) is 9.40. The van der Waals surface area contributed by atoms with Crippen molar-refractivity contribution in [2.75, 3.05) is 0 Å². The van der Waals surface area contributed by atoms with E-state index in [0.29, 0.717) is 6.42 Å². The Morgan fingerprint density at radius 3 is 2.47 bits per heavy atom. The monoisotopic (exact) mass is 210 g/mol. The molecule has 2 rings (SSSR count). The van der Waals surface area contributed by atoms with E-state index in [1.807, 2.05) is 6.07 Å². The molecule has 1 aliphatic carbocycles. The Bertz CT molecular complexity index is 386. The average molecular weight is 210 g/mol. The molecule has 1 aliphatic rings. The van der Waals surface area contributed by atoms with Crippen LogP contribution < -0.4 is 0 Å². The number of fused-ring (bicyclic) bond motifs is 1. The van der Waals surface area contributed by atoms with E-state index >= 15 is 0 Å². The molecule has 0 nitrogen and oxygen atoms in total. The van der Waals surface area contributed by atoms with Gasteiger partial charge in [-0.1, -0.05) is 39.0 Å². The summed E-state index contributed by atoms with van der Waals surface area (Å²) in [5.41, 5.74) is 2.13. The van der Waals surface area contributed by atoms with E-state index in [4.69, 9.17) is 0 Å². The minimum absolute atomic E-state index is 0.0323. The molecule has 2 heteroatoms. The summed E-state index contributed by atoms with van der Waals surface area (Å²) in [7, 11) is 0. The summed E-state index contributed by atoms with van der Waals surface area (Å²) < 4.78 is 27.0. The standard InChI is InChI=1S/C13H16F2/c1-12(2,3)10-5-4-6-11-9(10)7-8-13(11,14)15/h4-6H,7-8H2,1-3H3. The quantitative estimate of drug-likeness (QED) is 0.606. The van der Waals surface area contributed by atoms with Crippen LogP contribution >= 0.6 is 0 Å². The number of hydrogen-bond acceptors (Lipinski definition) is 0. The summed E-state index contributed by atoms with van der Waals surface area (Å²) in [4.78, 5) is 0. The van der Waals surface area contributed by atoms with Crippen molar-refractivity contribution < 1.29 is 8.78 Å². The molecule has 0 atom stereocenters. The molecule has 0 fully saturated rings. The van der Waals surface area contributed by atoms with Gasteiger partial charge in [0, 0.05) is 12.0 Å². The van der Waals surface area contributed by atoms with Gasteiger partial charge in [0.15, 0.2) is 0 Å². The van der Waals surface area contributed by atoms with Gasteiger partial charge in [0.05, 0.1) is 0 Å². The highest BCUT2D eigenvalue weighted by Gasteiger charge is 2.40. The Kier molecular flexibility index (Phi) is 2.14. The Hall–Kier alpha value is -0.920. The van der Waals surface area contributed by atoms with Crippen LogP contribution in [0, 0.1) is 0 Å². The average Bonchev–Trinajstić information content (AvgIpc) is 2.41. The lowest BCUT2D eigenvalue weighted by atomic mass is 9.82. The maximum Gasteiger partial charge on any atom is 0.273 e. The number of hydrogen-bond donors (Lipinski definition) is 0. The summed E-state index contributed by atoms with van der Waals surface area (Å²) in [6.45, 7) is 6.21. The van der Waals surface area contributed by atoms with Crippen LogP contribution in [0.5, 0.6) is 0 Å². The molecule has 0 radical (unpaired) electrons. The van der Waals surface area contributed by atoms with E-state index in [9.17, 15) is 8.78 Å². The molecular weight excluding hydrogens is 194 g/mol. The SMILES string of the molecule is CC(C)(C)c1cccc2c1CCC2(F)F. The lowest BCUT2D eigenvalue weighted by Crippen LogP contribution is -2.15. The van der Waals surface area contributed by atoms with E-state index < -0.39 is 5.92 Å². The first-order valence-corrected chi connectivity index (χ1v) is 5.33. The van der Waals surface area contributed by atoms with Gasteiger partial charge in [0.2, 0.25) is 0 Å². The van der Waals surface area contributed by atoms with Crippen molar-refractivity contribution in [2.45, 2.75) is 45.0 Å². The molecule has 1 aromatic carbocycles. The number of halogens is 2. The number of benzene rings is 1. The number of alkyl halides is 2. The summed E-state index contributed by atoms with van der Waals surface area (Å²) in [5.74, 6) is -2.61. The summed E-state index contributed by atoms with van der Waals surface area (Å²) in [6.07, 6.45) is 0.477. The Morgan fingerprint density at radius 2 is 1.87 bits per heavy atom. The predicted molar refractivity (Wildman–Crippen MR) is 57.4 cm³/mol. The molecule has 0 heterocycles. The second kappa shape index (κ2) is 3.03. The van der Waals surface area contributed by atoms with Gasteiger partial charge in [0.1, 0.15) is 0 Å². The lowest BCUT2D eigenvalue weighted by Gasteiger charge is -2.23. The smallest absolute Gasteiger partial charge is 0.201 e. The first-order valence-electron chi connectivity index (χ1n) is 5.33. The van der Waals surface area contributed by atoms with Crippen molar-refractivity contribution in [3.63, 3.8) is 0 Å². The van der Waals surface area contributed by atoms with Crippen LogP contribution in [0.3, 0.4) is 0 Å². The molecule has 1 aromatic rings. The maximum absolute atomic E-state index is 13.5. The zero-order valence-electron chi connectivity index (χ0n) is 9.40. The molecule has 0 aliphatic heterocycles. The van der Waals surface area contributed by atoms with Gasteiger partial charge < -0.3 is 0 Å². The van der Waals surface area contributed by atoms with Gasteiger partial charge in [-0.25, -0.2) is 8.78 Å². The third kappa shape index (κ3) is 1.66. The van der Waals surface area contributed by atoms with E-state index in [1.54, 1.807) is 12.1 Å². The van der Waals surface area contributed by atoms with Gasteiger partial charge in [0.25, 0.3) is 5.92 Å². The first kappa shape index (κ1) is 10.6. The molecule has 0 aromatic heterocycles. The minimum atomic E-state index is -2.61. The molecule has 0 amide bonds. The van der Waals surface area contributed by atoms with Crippen LogP contribution in [-0.4, -0.2) is 0 Å². The molecule has 0 saturated carbocycles. The second-order valence-electron chi connectivity index (χ2n) is 5.29.